The number of fused-ring (bicyclic) bond motifs is 1. The maximum absolute atomic E-state index is 12.9. The lowest BCUT2D eigenvalue weighted by Crippen LogP contribution is -2.42. The molecule has 0 unspecified atom stereocenters. The van der Waals surface area contributed by atoms with E-state index in [-0.39, 0.29) is 5.56 Å². The molecule has 0 radical (unpaired) electrons. The summed E-state index contributed by atoms with van der Waals surface area (Å²) in [5.41, 5.74) is 2.15. The molecule has 0 bridgehead atoms. The van der Waals surface area contributed by atoms with Gasteiger partial charge in [0.25, 0.3) is 5.56 Å². The molecule has 0 aliphatic carbocycles. The predicted molar refractivity (Wildman–Crippen MR) is 124 cm³/mol. The number of nitrogens with zero attached hydrogens (tertiary/aromatic N) is 2. The lowest BCUT2D eigenvalue weighted by molar-refractivity contribution is 0.177. The summed E-state index contributed by atoms with van der Waals surface area (Å²) in [6.07, 6.45) is 2.17. The van der Waals surface area contributed by atoms with Gasteiger partial charge in [-0.2, -0.15) is 0 Å². The minimum absolute atomic E-state index is 0.237. The Bertz CT molecular complexity index is 1120. The third kappa shape index (κ3) is 4.37. The molecule has 2 heterocycles. The molecule has 0 spiro atoms. The molecular weight excluding hydrogens is 392 g/mol. The Labute approximate surface area is 182 Å². The molecule has 7 nitrogen and oxygen atoms in total. The lowest BCUT2D eigenvalue weighted by Gasteiger charge is -2.35. The van der Waals surface area contributed by atoms with Crippen LogP contribution in [0, 0.1) is 0 Å². The number of H-pyrrole nitrogens is 1. The number of hydrogen-bond acceptors (Lipinski definition) is 6. The van der Waals surface area contributed by atoms with Crippen LogP contribution in [0.3, 0.4) is 0 Å². The number of piperidine rings is 1. The van der Waals surface area contributed by atoms with Gasteiger partial charge in [-0.05, 0) is 38.8 Å². The molecule has 2 aromatic carbocycles. The van der Waals surface area contributed by atoms with Gasteiger partial charge in [0.1, 0.15) is 22.7 Å². The number of para-hydroxylation sites is 1. The van der Waals surface area contributed by atoms with E-state index in [4.69, 9.17) is 14.5 Å². The van der Waals surface area contributed by atoms with Gasteiger partial charge in [-0.1, -0.05) is 12.1 Å². The molecule has 7 heteroatoms. The molecule has 1 saturated heterocycles. The Balaban J connectivity index is 1.68. The number of benzene rings is 2. The molecule has 1 aliphatic heterocycles. The molecule has 1 fully saturated rings. The summed E-state index contributed by atoms with van der Waals surface area (Å²) in [7, 11) is 3.11. The first kappa shape index (κ1) is 21.2. The van der Waals surface area contributed by atoms with Crippen molar-refractivity contribution >= 4 is 16.6 Å². The average Bonchev–Trinajstić information content (AvgIpc) is 2.78. The van der Waals surface area contributed by atoms with E-state index in [0.717, 1.165) is 37.2 Å². The number of ether oxygens (including phenoxy) is 2. The third-order valence-corrected chi connectivity index (χ3v) is 6.00. The SMILES string of the molecule is COc1cc(OC)c2c(=O)[nH]c(-c3ccccc3NC3CCN(C(C)C)CC3)nc2c1. The second-order valence-corrected chi connectivity index (χ2v) is 8.23. The molecule has 4 rings (SSSR count). The molecule has 1 aliphatic rings. The van der Waals surface area contributed by atoms with Gasteiger partial charge >= 0.3 is 0 Å². The molecule has 2 N–H and O–H groups in total. The zero-order chi connectivity index (χ0) is 22.0. The zero-order valence-corrected chi connectivity index (χ0v) is 18.6. The number of nitrogens with one attached hydrogen (secondary N) is 2. The van der Waals surface area contributed by atoms with Gasteiger partial charge in [-0.25, -0.2) is 4.98 Å². The number of aromatic amines is 1. The van der Waals surface area contributed by atoms with Crippen molar-refractivity contribution in [2.24, 2.45) is 0 Å². The molecular formula is C24H30N4O3. The Kier molecular flexibility index (Phi) is 6.13. The molecule has 164 valence electrons. The lowest BCUT2D eigenvalue weighted by atomic mass is 10.0. The van der Waals surface area contributed by atoms with Crippen molar-refractivity contribution in [1.29, 1.82) is 0 Å². The van der Waals surface area contributed by atoms with Gasteiger partial charge in [0.2, 0.25) is 0 Å². The summed E-state index contributed by atoms with van der Waals surface area (Å²) >= 11 is 0. The van der Waals surface area contributed by atoms with E-state index in [9.17, 15) is 4.79 Å². The molecule has 0 atom stereocenters. The molecule has 0 saturated carbocycles. The second kappa shape index (κ2) is 8.98. The van der Waals surface area contributed by atoms with Crippen LogP contribution in [0.15, 0.2) is 41.2 Å². The maximum atomic E-state index is 12.9. The highest BCUT2D eigenvalue weighted by atomic mass is 16.5. The summed E-state index contributed by atoms with van der Waals surface area (Å²) < 4.78 is 10.7. The van der Waals surface area contributed by atoms with Crippen LogP contribution in [0.5, 0.6) is 11.5 Å². The Morgan fingerprint density at radius 1 is 1.13 bits per heavy atom. The largest absolute Gasteiger partial charge is 0.497 e. The highest BCUT2D eigenvalue weighted by Crippen LogP contribution is 2.31. The van der Waals surface area contributed by atoms with E-state index in [1.54, 1.807) is 19.2 Å². The highest BCUT2D eigenvalue weighted by Gasteiger charge is 2.22. The van der Waals surface area contributed by atoms with Crippen molar-refractivity contribution < 1.29 is 9.47 Å². The van der Waals surface area contributed by atoms with Crippen LogP contribution in [-0.4, -0.2) is 54.3 Å². The summed E-state index contributed by atoms with van der Waals surface area (Å²) in [5, 5.41) is 4.10. The Morgan fingerprint density at radius 2 is 1.87 bits per heavy atom. The predicted octanol–water partition coefficient (Wildman–Crippen LogP) is 3.89. The van der Waals surface area contributed by atoms with Crippen molar-refractivity contribution in [3.63, 3.8) is 0 Å². The number of aromatic nitrogens is 2. The first-order valence-corrected chi connectivity index (χ1v) is 10.8. The Morgan fingerprint density at radius 3 is 2.55 bits per heavy atom. The highest BCUT2D eigenvalue weighted by molar-refractivity contribution is 5.88. The first-order valence-electron chi connectivity index (χ1n) is 10.8. The van der Waals surface area contributed by atoms with Crippen LogP contribution in [0.1, 0.15) is 26.7 Å². The Hall–Kier alpha value is -3.06. The number of likely N-dealkylation sites (tertiary alicyclic amines) is 1. The number of methoxy groups -OCH3 is 2. The number of anilines is 1. The fourth-order valence-electron chi connectivity index (χ4n) is 4.21. The van der Waals surface area contributed by atoms with Gasteiger partial charge in [-0.3, -0.25) is 4.79 Å². The summed E-state index contributed by atoms with van der Waals surface area (Å²) in [6.45, 7) is 6.66. The minimum Gasteiger partial charge on any atom is -0.497 e. The monoisotopic (exact) mass is 422 g/mol. The number of rotatable bonds is 6. The van der Waals surface area contributed by atoms with Gasteiger partial charge in [-0.15, -0.1) is 0 Å². The molecule has 1 aromatic heterocycles. The van der Waals surface area contributed by atoms with E-state index >= 15 is 0 Å². The van der Waals surface area contributed by atoms with Crippen molar-refractivity contribution in [3.8, 4) is 22.9 Å². The summed E-state index contributed by atoms with van der Waals surface area (Å²) in [6, 6.07) is 12.4. The maximum Gasteiger partial charge on any atom is 0.262 e. The molecule has 0 amide bonds. The van der Waals surface area contributed by atoms with E-state index in [0.29, 0.717) is 40.3 Å². The fraction of sp³-hybridized carbons (Fsp3) is 0.417. The van der Waals surface area contributed by atoms with Crippen molar-refractivity contribution in [3.05, 3.63) is 46.8 Å². The third-order valence-electron chi connectivity index (χ3n) is 6.00. The van der Waals surface area contributed by atoms with Crippen molar-refractivity contribution in [1.82, 2.24) is 14.9 Å². The van der Waals surface area contributed by atoms with E-state index in [2.05, 4.69) is 29.0 Å². The summed E-state index contributed by atoms with van der Waals surface area (Å²) in [5.74, 6) is 1.56. The summed E-state index contributed by atoms with van der Waals surface area (Å²) in [4.78, 5) is 23.1. The van der Waals surface area contributed by atoms with E-state index < -0.39 is 0 Å². The molecule has 3 aromatic rings. The smallest absolute Gasteiger partial charge is 0.262 e. The fourth-order valence-corrected chi connectivity index (χ4v) is 4.21. The van der Waals surface area contributed by atoms with Gasteiger partial charge in [0, 0.05) is 48.6 Å². The first-order chi connectivity index (χ1) is 15.0. The van der Waals surface area contributed by atoms with Crippen LogP contribution in [0.4, 0.5) is 5.69 Å². The average molecular weight is 423 g/mol. The van der Waals surface area contributed by atoms with Gasteiger partial charge in [0.15, 0.2) is 0 Å². The minimum atomic E-state index is -0.237. The van der Waals surface area contributed by atoms with Crippen LogP contribution < -0.4 is 20.3 Å². The topological polar surface area (TPSA) is 79.5 Å². The zero-order valence-electron chi connectivity index (χ0n) is 18.6. The standard InChI is InChI=1S/C24H30N4O3/c1-15(2)28-11-9-16(10-12-28)25-19-8-6-5-7-18(19)23-26-20-13-17(30-3)14-21(31-4)22(20)24(29)27-23/h5-8,13-16,25H,9-12H2,1-4H3,(H,26,27,29). The molecule has 31 heavy (non-hydrogen) atoms. The quantitative estimate of drug-likeness (QED) is 0.627. The van der Waals surface area contributed by atoms with Gasteiger partial charge in [0.05, 0.1) is 19.7 Å². The van der Waals surface area contributed by atoms with Crippen LogP contribution in [0.25, 0.3) is 22.3 Å². The van der Waals surface area contributed by atoms with Crippen LogP contribution in [-0.2, 0) is 0 Å². The van der Waals surface area contributed by atoms with Crippen molar-refractivity contribution in [2.45, 2.75) is 38.8 Å². The van der Waals surface area contributed by atoms with E-state index in [1.807, 2.05) is 24.3 Å². The van der Waals surface area contributed by atoms with Crippen LogP contribution in [0.2, 0.25) is 0 Å². The van der Waals surface area contributed by atoms with E-state index in [1.165, 1.54) is 7.11 Å². The number of hydrogen-bond donors (Lipinski definition) is 2. The van der Waals surface area contributed by atoms with Gasteiger partial charge < -0.3 is 24.7 Å². The van der Waals surface area contributed by atoms with Crippen molar-refractivity contribution in [2.75, 3.05) is 32.6 Å². The second-order valence-electron chi connectivity index (χ2n) is 8.23. The van der Waals surface area contributed by atoms with Crippen LogP contribution >= 0.6 is 0 Å². The normalized spacial score (nSPS) is 15.4.